The Kier molecular flexibility index (Phi) is 9.33. The van der Waals surface area contributed by atoms with E-state index in [4.69, 9.17) is 9.47 Å². The van der Waals surface area contributed by atoms with E-state index < -0.39 is 27.9 Å². The van der Waals surface area contributed by atoms with Crippen LogP contribution >= 0.6 is 0 Å². The van der Waals surface area contributed by atoms with Gasteiger partial charge in [-0.1, -0.05) is 12.1 Å². The van der Waals surface area contributed by atoms with Gasteiger partial charge in [0.05, 0.1) is 18.0 Å². The van der Waals surface area contributed by atoms with E-state index in [9.17, 15) is 22.8 Å². The van der Waals surface area contributed by atoms with Gasteiger partial charge in [0.1, 0.15) is 6.61 Å². The zero-order valence-electron chi connectivity index (χ0n) is 18.5. The maximum absolute atomic E-state index is 12.4. The smallest absolute Gasteiger partial charge is 0.411 e. The van der Waals surface area contributed by atoms with Crippen molar-refractivity contribution in [1.82, 2.24) is 9.62 Å². The Morgan fingerprint density at radius 2 is 1.61 bits per heavy atom. The number of ether oxygens (including phenoxy) is 2. The Labute approximate surface area is 192 Å². The minimum Gasteiger partial charge on any atom is -0.447 e. The molecule has 178 valence electrons. The predicted octanol–water partition coefficient (Wildman–Crippen LogP) is 1.50. The van der Waals surface area contributed by atoms with Gasteiger partial charge in [-0.15, -0.1) is 0 Å². The zero-order valence-corrected chi connectivity index (χ0v) is 19.3. The standard InChI is InChI=1S/C21H26N4O7S/c1-25(2)33(29,30)18-9-4-6-15(12-18)20(27)22-14-19(26)23-16-7-5-8-17(13-16)24-21(28)32-11-10-31-3/h4-9,12-13H,10-11,14H2,1-3H3,(H,22,27)(H,23,26)(H,24,28). The number of hydrogen-bond acceptors (Lipinski definition) is 7. The minimum atomic E-state index is -3.70. The summed E-state index contributed by atoms with van der Waals surface area (Å²) < 4.78 is 35.2. The highest BCUT2D eigenvalue weighted by Gasteiger charge is 2.19. The maximum Gasteiger partial charge on any atom is 0.411 e. The summed E-state index contributed by atoms with van der Waals surface area (Å²) in [5, 5.41) is 7.56. The monoisotopic (exact) mass is 478 g/mol. The Hall–Kier alpha value is -3.48. The normalized spacial score (nSPS) is 11.0. The van der Waals surface area contributed by atoms with Crippen molar-refractivity contribution < 1.29 is 32.3 Å². The molecule has 0 bridgehead atoms. The van der Waals surface area contributed by atoms with Crippen molar-refractivity contribution >= 4 is 39.3 Å². The summed E-state index contributed by atoms with van der Waals surface area (Å²) in [6, 6.07) is 11.9. The lowest BCUT2D eigenvalue weighted by Crippen LogP contribution is -2.33. The molecule has 0 unspecified atom stereocenters. The van der Waals surface area contributed by atoms with Gasteiger partial charge in [0.2, 0.25) is 15.9 Å². The van der Waals surface area contributed by atoms with Gasteiger partial charge in [-0.25, -0.2) is 17.5 Å². The number of hydrogen-bond donors (Lipinski definition) is 3. The molecule has 0 aromatic heterocycles. The highest BCUT2D eigenvalue weighted by molar-refractivity contribution is 7.89. The van der Waals surface area contributed by atoms with E-state index in [0.717, 1.165) is 4.31 Å². The average Bonchev–Trinajstić information content (AvgIpc) is 2.78. The molecule has 11 nitrogen and oxygen atoms in total. The molecule has 2 aromatic rings. The molecular formula is C21H26N4O7S. The van der Waals surface area contributed by atoms with Gasteiger partial charge in [0.15, 0.2) is 0 Å². The first-order valence-electron chi connectivity index (χ1n) is 9.77. The second-order valence-corrected chi connectivity index (χ2v) is 9.03. The number of amides is 3. The van der Waals surface area contributed by atoms with E-state index in [1.54, 1.807) is 18.2 Å². The van der Waals surface area contributed by atoms with Crippen LogP contribution in [0.15, 0.2) is 53.4 Å². The van der Waals surface area contributed by atoms with Crippen molar-refractivity contribution in [2.24, 2.45) is 0 Å². The third-order valence-corrected chi connectivity index (χ3v) is 6.01. The van der Waals surface area contributed by atoms with Gasteiger partial charge in [-0.05, 0) is 36.4 Å². The van der Waals surface area contributed by atoms with Crippen LogP contribution in [0.5, 0.6) is 0 Å². The number of rotatable bonds is 10. The lowest BCUT2D eigenvalue weighted by atomic mass is 10.2. The average molecular weight is 479 g/mol. The molecule has 2 aromatic carbocycles. The van der Waals surface area contributed by atoms with Crippen LogP contribution in [0.25, 0.3) is 0 Å². The lowest BCUT2D eigenvalue weighted by molar-refractivity contribution is -0.115. The fraction of sp³-hybridized carbons (Fsp3) is 0.286. The van der Waals surface area contributed by atoms with Crippen LogP contribution in [0, 0.1) is 0 Å². The molecule has 0 aliphatic heterocycles. The third kappa shape index (κ3) is 7.86. The summed E-state index contributed by atoms with van der Waals surface area (Å²) in [5.74, 6) is -1.12. The highest BCUT2D eigenvalue weighted by atomic mass is 32.2. The summed E-state index contributed by atoms with van der Waals surface area (Å²) in [4.78, 5) is 36.2. The van der Waals surface area contributed by atoms with Crippen LogP contribution in [0.4, 0.5) is 16.2 Å². The van der Waals surface area contributed by atoms with Crippen LogP contribution in [-0.2, 0) is 24.3 Å². The van der Waals surface area contributed by atoms with Crippen LogP contribution in [0.2, 0.25) is 0 Å². The number of nitrogens with zero attached hydrogens (tertiary/aromatic N) is 1. The Bertz CT molecular complexity index is 1100. The van der Waals surface area contributed by atoms with E-state index in [1.807, 2.05) is 0 Å². The molecule has 0 spiro atoms. The summed E-state index contributed by atoms with van der Waals surface area (Å²) in [6.45, 7) is 0.0215. The van der Waals surface area contributed by atoms with Crippen molar-refractivity contribution in [3.63, 3.8) is 0 Å². The van der Waals surface area contributed by atoms with Crippen molar-refractivity contribution in [1.29, 1.82) is 0 Å². The van der Waals surface area contributed by atoms with E-state index in [0.29, 0.717) is 11.4 Å². The summed E-state index contributed by atoms with van der Waals surface area (Å²) in [6.07, 6.45) is -0.665. The summed E-state index contributed by atoms with van der Waals surface area (Å²) in [5.41, 5.74) is 0.894. The van der Waals surface area contributed by atoms with Gasteiger partial charge in [0.25, 0.3) is 5.91 Å². The summed E-state index contributed by atoms with van der Waals surface area (Å²) in [7, 11) is 0.573. The molecule has 33 heavy (non-hydrogen) atoms. The molecule has 3 amide bonds. The number of sulfonamides is 1. The molecule has 0 saturated heterocycles. The number of methoxy groups -OCH3 is 1. The van der Waals surface area contributed by atoms with Crippen molar-refractivity contribution in [3.8, 4) is 0 Å². The predicted molar refractivity (Wildman–Crippen MR) is 122 cm³/mol. The molecule has 0 aliphatic rings. The number of carbonyl (C=O) groups excluding carboxylic acids is 3. The number of benzene rings is 2. The van der Waals surface area contributed by atoms with E-state index in [1.165, 1.54) is 51.5 Å². The molecule has 3 N–H and O–H groups in total. The van der Waals surface area contributed by atoms with Gasteiger partial charge < -0.3 is 20.1 Å². The van der Waals surface area contributed by atoms with E-state index in [-0.39, 0.29) is 30.2 Å². The Morgan fingerprint density at radius 1 is 0.939 bits per heavy atom. The molecule has 0 fully saturated rings. The van der Waals surface area contributed by atoms with E-state index in [2.05, 4.69) is 16.0 Å². The van der Waals surface area contributed by atoms with Crippen LogP contribution in [-0.4, -0.2) is 71.6 Å². The third-order valence-electron chi connectivity index (χ3n) is 4.20. The van der Waals surface area contributed by atoms with E-state index >= 15 is 0 Å². The first kappa shape index (κ1) is 25.8. The molecule has 12 heteroatoms. The topological polar surface area (TPSA) is 143 Å². The Morgan fingerprint density at radius 3 is 2.27 bits per heavy atom. The number of nitrogens with one attached hydrogen (secondary N) is 3. The molecule has 0 aliphatic carbocycles. The van der Waals surface area contributed by atoms with Crippen molar-refractivity contribution in [2.75, 3.05) is 51.6 Å². The molecule has 0 radical (unpaired) electrons. The zero-order chi connectivity index (χ0) is 24.4. The van der Waals surface area contributed by atoms with Crippen molar-refractivity contribution in [2.45, 2.75) is 4.90 Å². The first-order chi connectivity index (χ1) is 15.6. The van der Waals surface area contributed by atoms with Gasteiger partial charge in [-0.3, -0.25) is 14.9 Å². The minimum absolute atomic E-state index is 0.0327. The van der Waals surface area contributed by atoms with Crippen molar-refractivity contribution in [3.05, 3.63) is 54.1 Å². The summed E-state index contributed by atoms with van der Waals surface area (Å²) >= 11 is 0. The number of carbonyl (C=O) groups is 3. The number of anilines is 2. The quantitative estimate of drug-likeness (QED) is 0.439. The SMILES string of the molecule is COCCOC(=O)Nc1cccc(NC(=O)CNC(=O)c2cccc(S(=O)(=O)N(C)C)c2)c1. The second kappa shape index (κ2) is 11.9. The van der Waals surface area contributed by atoms with Gasteiger partial charge >= 0.3 is 6.09 Å². The van der Waals surface area contributed by atoms with Crippen LogP contribution in [0.1, 0.15) is 10.4 Å². The second-order valence-electron chi connectivity index (χ2n) is 6.88. The van der Waals surface area contributed by atoms with Crippen LogP contribution < -0.4 is 16.0 Å². The molecule has 0 saturated carbocycles. The Balaban J connectivity index is 1.92. The molecular weight excluding hydrogens is 452 g/mol. The fourth-order valence-electron chi connectivity index (χ4n) is 2.52. The van der Waals surface area contributed by atoms with Gasteiger partial charge in [0, 0.05) is 38.1 Å². The maximum atomic E-state index is 12.4. The molecule has 0 atom stereocenters. The largest absolute Gasteiger partial charge is 0.447 e. The lowest BCUT2D eigenvalue weighted by Gasteiger charge is -2.12. The first-order valence-corrected chi connectivity index (χ1v) is 11.2. The van der Waals surface area contributed by atoms with Crippen LogP contribution in [0.3, 0.4) is 0 Å². The van der Waals surface area contributed by atoms with Gasteiger partial charge in [-0.2, -0.15) is 0 Å². The fourth-order valence-corrected chi connectivity index (χ4v) is 3.47. The molecule has 2 rings (SSSR count). The highest BCUT2D eigenvalue weighted by Crippen LogP contribution is 2.16. The molecule has 0 heterocycles.